The molecule has 0 saturated carbocycles. The third kappa shape index (κ3) is 3.80. The highest BCUT2D eigenvalue weighted by atomic mass is 35.5. The molecule has 2 saturated heterocycles. The molecular formula is C17H25ClN2O2. The molecule has 0 spiro atoms. The van der Waals surface area contributed by atoms with Crippen LogP contribution >= 0.6 is 12.4 Å². The number of nitrogens with zero attached hydrogens (tertiary/aromatic N) is 1. The molecule has 1 aromatic carbocycles. The summed E-state index contributed by atoms with van der Waals surface area (Å²) in [4.78, 5) is 14.3. The number of aliphatic hydroxyl groups excluding tert-OH is 1. The van der Waals surface area contributed by atoms with Gasteiger partial charge in [0.15, 0.2) is 0 Å². The van der Waals surface area contributed by atoms with Crippen molar-refractivity contribution in [2.24, 2.45) is 5.92 Å². The van der Waals surface area contributed by atoms with E-state index in [4.69, 9.17) is 0 Å². The molecule has 1 amide bonds. The summed E-state index contributed by atoms with van der Waals surface area (Å²) in [5, 5.41) is 13.7. The Morgan fingerprint density at radius 3 is 2.45 bits per heavy atom. The van der Waals surface area contributed by atoms with Crippen LogP contribution in [0.2, 0.25) is 0 Å². The maximum absolute atomic E-state index is 12.3. The van der Waals surface area contributed by atoms with E-state index in [0.29, 0.717) is 0 Å². The van der Waals surface area contributed by atoms with Crippen LogP contribution in [-0.2, 0) is 4.79 Å². The standard InChI is InChI=1S/C17H24N2O2.ClH/c20-16(13-5-2-1-3-6-13)14-8-11-19(12-9-14)17(21)15-7-4-10-18-15;/h1-3,5-6,14-16,18,20H,4,7-12H2;1H. The summed E-state index contributed by atoms with van der Waals surface area (Å²) < 4.78 is 0. The van der Waals surface area contributed by atoms with Crippen molar-refractivity contribution in [1.29, 1.82) is 0 Å². The highest BCUT2D eigenvalue weighted by molar-refractivity contribution is 5.85. The normalized spacial score (nSPS) is 23.9. The Labute approximate surface area is 138 Å². The van der Waals surface area contributed by atoms with Gasteiger partial charge in [-0.15, -0.1) is 12.4 Å². The van der Waals surface area contributed by atoms with Crippen LogP contribution in [0.15, 0.2) is 30.3 Å². The second kappa shape index (κ2) is 7.95. The van der Waals surface area contributed by atoms with Gasteiger partial charge in [0.25, 0.3) is 0 Å². The molecule has 0 aromatic heterocycles. The fourth-order valence-corrected chi connectivity index (χ4v) is 3.47. The van der Waals surface area contributed by atoms with E-state index in [2.05, 4.69) is 5.32 Å². The maximum atomic E-state index is 12.3. The predicted octanol–water partition coefficient (Wildman–Crippen LogP) is 2.13. The zero-order valence-corrected chi connectivity index (χ0v) is 13.6. The first-order chi connectivity index (χ1) is 10.3. The van der Waals surface area contributed by atoms with Crippen LogP contribution in [0, 0.1) is 5.92 Å². The Morgan fingerprint density at radius 2 is 1.86 bits per heavy atom. The summed E-state index contributed by atoms with van der Waals surface area (Å²) in [6, 6.07) is 9.87. The molecule has 0 aliphatic carbocycles. The molecule has 2 unspecified atom stereocenters. The number of halogens is 1. The predicted molar refractivity (Wildman–Crippen MR) is 89.0 cm³/mol. The van der Waals surface area contributed by atoms with Crippen molar-refractivity contribution in [3.8, 4) is 0 Å². The molecule has 0 radical (unpaired) electrons. The fourth-order valence-electron chi connectivity index (χ4n) is 3.47. The lowest BCUT2D eigenvalue weighted by atomic mass is 9.87. The minimum absolute atomic E-state index is 0. The van der Waals surface area contributed by atoms with Crippen LogP contribution in [-0.4, -0.2) is 41.6 Å². The van der Waals surface area contributed by atoms with Gasteiger partial charge in [-0.25, -0.2) is 0 Å². The lowest BCUT2D eigenvalue weighted by molar-refractivity contribution is -0.135. The SMILES string of the molecule is Cl.O=C(C1CCCN1)N1CCC(C(O)c2ccccc2)CC1. The number of rotatable bonds is 3. The van der Waals surface area contributed by atoms with Crippen molar-refractivity contribution in [2.45, 2.75) is 37.8 Å². The largest absolute Gasteiger partial charge is 0.388 e. The summed E-state index contributed by atoms with van der Waals surface area (Å²) in [5.41, 5.74) is 0.986. The number of hydrogen-bond acceptors (Lipinski definition) is 3. The quantitative estimate of drug-likeness (QED) is 0.895. The molecule has 5 heteroatoms. The highest BCUT2D eigenvalue weighted by Gasteiger charge is 2.32. The van der Waals surface area contributed by atoms with Crippen molar-refractivity contribution >= 4 is 18.3 Å². The third-order valence-corrected chi connectivity index (χ3v) is 4.80. The van der Waals surface area contributed by atoms with Gasteiger partial charge in [-0.05, 0) is 43.7 Å². The van der Waals surface area contributed by atoms with E-state index in [1.807, 2.05) is 35.2 Å². The number of nitrogens with one attached hydrogen (secondary N) is 1. The smallest absolute Gasteiger partial charge is 0.239 e. The Bertz CT molecular complexity index is 469. The van der Waals surface area contributed by atoms with Crippen LogP contribution in [0.1, 0.15) is 37.4 Å². The number of carbonyl (C=O) groups excluding carboxylic acids is 1. The molecule has 2 fully saturated rings. The summed E-state index contributed by atoms with van der Waals surface area (Å²) >= 11 is 0. The van der Waals surface area contributed by atoms with Gasteiger partial charge in [0, 0.05) is 13.1 Å². The van der Waals surface area contributed by atoms with Gasteiger partial charge in [0.1, 0.15) is 0 Å². The highest BCUT2D eigenvalue weighted by Crippen LogP contribution is 2.30. The second-order valence-corrected chi connectivity index (χ2v) is 6.17. The minimum atomic E-state index is -0.409. The average Bonchev–Trinajstić information content (AvgIpc) is 3.09. The molecule has 2 N–H and O–H groups in total. The number of carbonyl (C=O) groups is 1. The van der Waals surface area contributed by atoms with Crippen molar-refractivity contribution in [1.82, 2.24) is 10.2 Å². The zero-order valence-electron chi connectivity index (χ0n) is 12.8. The second-order valence-electron chi connectivity index (χ2n) is 6.17. The summed E-state index contributed by atoms with van der Waals surface area (Å²) in [6.07, 6.45) is 3.42. The van der Waals surface area contributed by atoms with E-state index in [1.165, 1.54) is 0 Å². The number of amides is 1. The number of piperidine rings is 1. The van der Waals surface area contributed by atoms with Crippen molar-refractivity contribution in [3.63, 3.8) is 0 Å². The van der Waals surface area contributed by atoms with Crippen molar-refractivity contribution in [3.05, 3.63) is 35.9 Å². The molecule has 22 heavy (non-hydrogen) atoms. The molecule has 2 atom stereocenters. The van der Waals surface area contributed by atoms with Crippen LogP contribution in [0.3, 0.4) is 0 Å². The Kier molecular flexibility index (Phi) is 6.24. The lowest BCUT2D eigenvalue weighted by Gasteiger charge is -2.35. The molecule has 4 nitrogen and oxygen atoms in total. The summed E-state index contributed by atoms with van der Waals surface area (Å²) in [7, 11) is 0. The lowest BCUT2D eigenvalue weighted by Crippen LogP contribution is -2.47. The Morgan fingerprint density at radius 1 is 1.18 bits per heavy atom. The first kappa shape index (κ1) is 17.3. The zero-order chi connectivity index (χ0) is 14.7. The molecule has 3 rings (SSSR count). The van der Waals surface area contributed by atoms with Gasteiger partial charge in [-0.1, -0.05) is 30.3 Å². The van der Waals surface area contributed by atoms with Gasteiger partial charge in [-0.2, -0.15) is 0 Å². The Hall–Kier alpha value is -1.10. The third-order valence-electron chi connectivity index (χ3n) is 4.80. The van der Waals surface area contributed by atoms with Crippen LogP contribution in [0.5, 0.6) is 0 Å². The van der Waals surface area contributed by atoms with Gasteiger partial charge in [0.05, 0.1) is 12.1 Å². The molecule has 1 aromatic rings. The molecule has 122 valence electrons. The summed E-state index contributed by atoms with van der Waals surface area (Å²) in [5.74, 6) is 0.508. The molecule has 2 aliphatic heterocycles. The molecular weight excluding hydrogens is 300 g/mol. The van der Waals surface area contributed by atoms with Gasteiger partial charge >= 0.3 is 0 Å². The van der Waals surface area contributed by atoms with Gasteiger partial charge < -0.3 is 15.3 Å². The van der Waals surface area contributed by atoms with Gasteiger partial charge in [-0.3, -0.25) is 4.79 Å². The average molecular weight is 325 g/mol. The minimum Gasteiger partial charge on any atom is -0.388 e. The van der Waals surface area contributed by atoms with E-state index in [9.17, 15) is 9.90 Å². The fraction of sp³-hybridized carbons (Fsp3) is 0.588. The first-order valence-electron chi connectivity index (χ1n) is 8.01. The summed E-state index contributed by atoms with van der Waals surface area (Å²) in [6.45, 7) is 2.50. The molecule has 2 heterocycles. The topological polar surface area (TPSA) is 52.6 Å². The number of benzene rings is 1. The van der Waals surface area contributed by atoms with E-state index < -0.39 is 6.10 Å². The van der Waals surface area contributed by atoms with Crippen molar-refractivity contribution in [2.75, 3.05) is 19.6 Å². The molecule has 2 aliphatic rings. The number of aliphatic hydroxyl groups is 1. The Balaban J connectivity index is 0.00000176. The van der Waals surface area contributed by atoms with E-state index in [1.54, 1.807) is 0 Å². The number of likely N-dealkylation sites (tertiary alicyclic amines) is 1. The molecule has 0 bridgehead atoms. The monoisotopic (exact) mass is 324 g/mol. The van der Waals surface area contributed by atoms with Gasteiger partial charge in [0.2, 0.25) is 5.91 Å². The van der Waals surface area contributed by atoms with E-state index >= 15 is 0 Å². The van der Waals surface area contributed by atoms with Crippen LogP contribution < -0.4 is 5.32 Å². The van der Waals surface area contributed by atoms with Crippen LogP contribution in [0.25, 0.3) is 0 Å². The number of hydrogen-bond donors (Lipinski definition) is 2. The van der Waals surface area contributed by atoms with E-state index in [0.717, 1.165) is 50.9 Å². The van der Waals surface area contributed by atoms with E-state index in [-0.39, 0.29) is 30.3 Å². The van der Waals surface area contributed by atoms with Crippen LogP contribution in [0.4, 0.5) is 0 Å². The maximum Gasteiger partial charge on any atom is 0.239 e. The first-order valence-corrected chi connectivity index (χ1v) is 8.01. The van der Waals surface area contributed by atoms with Crippen molar-refractivity contribution < 1.29 is 9.90 Å².